The molecular formula is C20H12Br4N2. The van der Waals surface area contributed by atoms with Gasteiger partial charge in [0.25, 0.3) is 0 Å². The summed E-state index contributed by atoms with van der Waals surface area (Å²) in [4.78, 5) is 8.08. The van der Waals surface area contributed by atoms with Gasteiger partial charge < -0.3 is 0 Å². The third kappa shape index (κ3) is 4.60. The Morgan fingerprint density at radius 2 is 0.808 bits per heavy atom. The van der Waals surface area contributed by atoms with E-state index in [9.17, 15) is 0 Å². The van der Waals surface area contributed by atoms with Crippen LogP contribution in [0, 0.1) is 0 Å². The zero-order valence-corrected chi connectivity index (χ0v) is 19.7. The van der Waals surface area contributed by atoms with Gasteiger partial charge in [-0.3, -0.25) is 9.97 Å². The number of aromatic nitrogens is 2. The average Bonchev–Trinajstić information content (AvgIpc) is 2.68. The number of nitrogens with zero attached hydrogens (tertiary/aromatic N) is 2. The van der Waals surface area contributed by atoms with Crippen molar-refractivity contribution >= 4 is 88.0 Å². The van der Waals surface area contributed by atoms with Crippen molar-refractivity contribution < 1.29 is 0 Å². The van der Waals surface area contributed by atoms with Crippen LogP contribution in [-0.4, -0.2) is 9.97 Å². The van der Waals surface area contributed by atoms with Crippen LogP contribution in [0.3, 0.4) is 0 Å². The molecule has 1 aromatic carbocycles. The van der Waals surface area contributed by atoms with Crippen molar-refractivity contribution in [1.29, 1.82) is 0 Å². The fraction of sp³-hybridized carbons (Fsp3) is 0. The first-order chi connectivity index (χ1) is 12.6. The minimum atomic E-state index is 0.979. The van der Waals surface area contributed by atoms with Crippen molar-refractivity contribution in [3.8, 4) is 0 Å². The maximum atomic E-state index is 4.04. The molecule has 0 bridgehead atoms. The van der Waals surface area contributed by atoms with Crippen LogP contribution < -0.4 is 0 Å². The largest absolute Gasteiger partial charge is 0.265 e. The van der Waals surface area contributed by atoms with Gasteiger partial charge in [-0.15, -0.1) is 0 Å². The van der Waals surface area contributed by atoms with Crippen LogP contribution in [0.5, 0.6) is 0 Å². The Morgan fingerprint density at radius 3 is 1.12 bits per heavy atom. The van der Waals surface area contributed by atoms with Crippen molar-refractivity contribution in [1.82, 2.24) is 9.97 Å². The Morgan fingerprint density at radius 1 is 0.500 bits per heavy atom. The molecule has 0 atom stereocenters. The predicted octanol–water partition coefficient (Wildman–Crippen LogP) is 7.87. The molecule has 0 unspecified atom stereocenters. The second-order valence-corrected chi connectivity index (χ2v) is 8.48. The monoisotopic (exact) mass is 596 g/mol. The van der Waals surface area contributed by atoms with Crippen molar-refractivity contribution in [2.24, 2.45) is 0 Å². The second-order valence-electron chi connectivity index (χ2n) is 5.31. The molecule has 130 valence electrons. The minimum Gasteiger partial charge on any atom is -0.265 e. The Labute approximate surface area is 186 Å². The van der Waals surface area contributed by atoms with Gasteiger partial charge in [0.2, 0.25) is 0 Å². The van der Waals surface area contributed by atoms with Gasteiger partial charge in [-0.2, -0.15) is 0 Å². The van der Waals surface area contributed by atoms with E-state index in [-0.39, 0.29) is 0 Å². The third-order valence-corrected chi connectivity index (χ3v) is 7.99. The van der Waals surface area contributed by atoms with Gasteiger partial charge in [-0.25, -0.2) is 0 Å². The van der Waals surface area contributed by atoms with Crippen molar-refractivity contribution in [2.45, 2.75) is 0 Å². The van der Waals surface area contributed by atoms with E-state index in [1.54, 1.807) is 24.8 Å². The van der Waals surface area contributed by atoms with Crippen molar-refractivity contribution in [3.05, 3.63) is 89.2 Å². The molecule has 0 radical (unpaired) electrons. The van der Waals surface area contributed by atoms with E-state index in [0.717, 1.165) is 40.1 Å². The first kappa shape index (κ1) is 19.7. The zero-order chi connectivity index (χ0) is 18.5. The van der Waals surface area contributed by atoms with Gasteiger partial charge in [-0.05, 0) is 99.1 Å². The highest BCUT2D eigenvalue weighted by molar-refractivity contribution is 9.14. The molecular weight excluding hydrogens is 588 g/mol. The molecule has 2 nitrogen and oxygen atoms in total. The molecule has 0 saturated heterocycles. The fourth-order valence-electron chi connectivity index (χ4n) is 2.27. The molecule has 0 spiro atoms. The molecule has 0 aliphatic heterocycles. The van der Waals surface area contributed by atoms with E-state index in [1.807, 2.05) is 24.3 Å². The summed E-state index contributed by atoms with van der Waals surface area (Å²) < 4.78 is 3.92. The highest BCUT2D eigenvalue weighted by Gasteiger charge is 2.16. The number of benzene rings is 1. The number of hydrogen-bond acceptors (Lipinski definition) is 2. The predicted molar refractivity (Wildman–Crippen MR) is 124 cm³/mol. The Hall–Kier alpha value is -1.08. The molecule has 3 aromatic rings. The van der Waals surface area contributed by atoms with Crippen LogP contribution in [0.4, 0.5) is 0 Å². The molecule has 26 heavy (non-hydrogen) atoms. The summed E-state index contributed by atoms with van der Waals surface area (Å²) in [5.41, 5.74) is 4.27. The lowest BCUT2D eigenvalue weighted by molar-refractivity contribution is 1.32. The van der Waals surface area contributed by atoms with E-state index in [0.29, 0.717) is 0 Å². The van der Waals surface area contributed by atoms with E-state index in [1.165, 1.54) is 0 Å². The standard InChI is InChI=1S/C20H12Br4N2/c21-17-15(3-1-13-5-9-25-10-6-13)18(22)20(24)16(19(17)23)4-2-14-7-11-26-12-8-14/h1-12H/b3-1+,4-2?. The van der Waals surface area contributed by atoms with Gasteiger partial charge in [0.15, 0.2) is 0 Å². The summed E-state index contributed by atoms with van der Waals surface area (Å²) in [6.45, 7) is 0. The number of halogens is 4. The summed E-state index contributed by atoms with van der Waals surface area (Å²) in [6, 6.07) is 7.87. The smallest absolute Gasteiger partial charge is 0.0408 e. The van der Waals surface area contributed by atoms with E-state index in [2.05, 4.69) is 98.0 Å². The lowest BCUT2D eigenvalue weighted by Gasteiger charge is -2.12. The van der Waals surface area contributed by atoms with Crippen LogP contribution in [0.1, 0.15) is 22.3 Å². The summed E-state index contributed by atoms with van der Waals surface area (Å²) in [7, 11) is 0. The average molecular weight is 600 g/mol. The summed E-state index contributed by atoms with van der Waals surface area (Å²) in [6.07, 6.45) is 15.4. The molecule has 0 fully saturated rings. The summed E-state index contributed by atoms with van der Waals surface area (Å²) >= 11 is 14.8. The van der Waals surface area contributed by atoms with Crippen molar-refractivity contribution in [3.63, 3.8) is 0 Å². The number of hydrogen-bond donors (Lipinski definition) is 0. The van der Waals surface area contributed by atoms with Gasteiger partial charge >= 0.3 is 0 Å². The SMILES string of the molecule is Brc1c(Br)c(/C=C/c2ccncc2)c(Br)c(Br)c1C=Cc1ccncc1. The maximum Gasteiger partial charge on any atom is 0.0408 e. The third-order valence-electron chi connectivity index (χ3n) is 3.63. The quantitative estimate of drug-likeness (QED) is 0.285. The topological polar surface area (TPSA) is 25.8 Å². The van der Waals surface area contributed by atoms with E-state index in [4.69, 9.17) is 0 Å². The number of rotatable bonds is 4. The van der Waals surface area contributed by atoms with Crippen LogP contribution >= 0.6 is 63.7 Å². The normalized spacial score (nSPS) is 11.5. The van der Waals surface area contributed by atoms with Crippen LogP contribution in [0.15, 0.2) is 66.9 Å². The first-order valence-corrected chi connectivity index (χ1v) is 10.8. The van der Waals surface area contributed by atoms with Crippen molar-refractivity contribution in [2.75, 3.05) is 0 Å². The molecule has 3 rings (SSSR count). The molecule has 2 aromatic heterocycles. The first-order valence-electron chi connectivity index (χ1n) is 7.60. The van der Waals surface area contributed by atoms with Gasteiger partial charge in [-0.1, -0.05) is 24.3 Å². The fourth-order valence-corrected chi connectivity index (χ4v) is 4.97. The molecule has 0 aliphatic carbocycles. The summed E-state index contributed by atoms with van der Waals surface area (Å²) in [5, 5.41) is 0. The molecule has 6 heteroatoms. The molecule has 0 N–H and O–H groups in total. The minimum absolute atomic E-state index is 0.979. The van der Waals surface area contributed by atoms with Gasteiger partial charge in [0.1, 0.15) is 0 Å². The highest BCUT2D eigenvalue weighted by atomic mass is 79.9. The zero-order valence-electron chi connectivity index (χ0n) is 13.3. The summed E-state index contributed by atoms with van der Waals surface area (Å²) in [5.74, 6) is 0. The maximum absolute atomic E-state index is 4.04. The van der Waals surface area contributed by atoms with E-state index < -0.39 is 0 Å². The molecule has 0 saturated carbocycles. The Bertz CT molecular complexity index is 859. The Balaban J connectivity index is 2.00. The molecule has 2 heterocycles. The van der Waals surface area contributed by atoms with Gasteiger partial charge in [0, 0.05) is 53.8 Å². The van der Waals surface area contributed by atoms with Gasteiger partial charge in [0.05, 0.1) is 0 Å². The lowest BCUT2D eigenvalue weighted by Crippen LogP contribution is -1.89. The van der Waals surface area contributed by atoms with E-state index >= 15 is 0 Å². The second kappa shape index (κ2) is 9.22. The Kier molecular flexibility index (Phi) is 6.98. The van der Waals surface area contributed by atoms with Crippen LogP contribution in [0.25, 0.3) is 24.3 Å². The van der Waals surface area contributed by atoms with Crippen LogP contribution in [-0.2, 0) is 0 Å². The molecule has 0 amide bonds. The highest BCUT2D eigenvalue weighted by Crippen LogP contribution is 2.43. The molecule has 0 aliphatic rings. The van der Waals surface area contributed by atoms with Crippen LogP contribution in [0.2, 0.25) is 0 Å². The number of pyridine rings is 2. The lowest BCUT2D eigenvalue weighted by atomic mass is 10.1.